The monoisotopic (exact) mass is 363 g/mol. The number of isothiocyanates is 1. The Morgan fingerprint density at radius 1 is 1.13 bits per heavy atom. The summed E-state index contributed by atoms with van der Waals surface area (Å²) in [7, 11) is 0. The average molecular weight is 363 g/mol. The van der Waals surface area contributed by atoms with Crippen molar-refractivity contribution in [2.24, 2.45) is 4.99 Å². The van der Waals surface area contributed by atoms with Crippen LogP contribution in [0.4, 0.5) is 5.69 Å². The Kier molecular flexibility index (Phi) is 7.89. The van der Waals surface area contributed by atoms with Crippen LogP contribution < -0.4 is 0 Å². The number of aromatic carboxylic acids is 1. The predicted molar refractivity (Wildman–Crippen MR) is 91.2 cm³/mol. The Morgan fingerprint density at radius 3 is 2.26 bits per heavy atom. The smallest absolute Gasteiger partial charge is 0.302 e. The minimum atomic E-state index is -0.984. The number of carboxylic acid groups (broad SMARTS) is 1. The quantitative estimate of drug-likeness (QED) is 0.311. The summed E-state index contributed by atoms with van der Waals surface area (Å²) in [6, 6.07) is 22.3. The third-order valence-electron chi connectivity index (χ3n) is 2.95. The SMILES string of the molecule is O=C(O)c1cccc(N=C=S)c1-[c-]1cccc1.[Fe].c1cc[cH-]c1. The fourth-order valence-electron chi connectivity index (χ4n) is 2.03. The minimum absolute atomic E-state index is 0. The summed E-state index contributed by atoms with van der Waals surface area (Å²) >= 11 is 4.57. The summed E-state index contributed by atoms with van der Waals surface area (Å²) in [4.78, 5) is 15.1. The van der Waals surface area contributed by atoms with Crippen LogP contribution in [0.3, 0.4) is 0 Å². The Morgan fingerprint density at radius 2 is 1.78 bits per heavy atom. The number of nitrogens with zero attached hydrogens (tertiary/aromatic N) is 1. The van der Waals surface area contributed by atoms with E-state index in [1.165, 1.54) is 0 Å². The van der Waals surface area contributed by atoms with E-state index in [-0.39, 0.29) is 22.6 Å². The molecule has 0 bridgehead atoms. The van der Waals surface area contributed by atoms with Gasteiger partial charge in [0.05, 0.1) is 5.16 Å². The van der Waals surface area contributed by atoms with Crippen molar-refractivity contribution in [1.29, 1.82) is 0 Å². The van der Waals surface area contributed by atoms with Gasteiger partial charge in [-0.2, -0.15) is 30.3 Å². The standard InChI is InChI=1S/C13H8NO2S.C5H5.Fe/c15-13(16)10-6-3-7-11(14-8-17)12(10)9-4-1-2-5-9;1-2-4-5-3-1;/h1-7H,(H,15,16);1-5H;/q2*-1;. The first-order valence-corrected chi connectivity index (χ1v) is 6.98. The molecule has 3 nitrogen and oxygen atoms in total. The van der Waals surface area contributed by atoms with Gasteiger partial charge >= 0.3 is 5.97 Å². The second kappa shape index (κ2) is 9.67. The topological polar surface area (TPSA) is 49.7 Å². The predicted octanol–water partition coefficient (Wildman–Crippen LogP) is 4.91. The molecule has 0 atom stereocenters. The first-order chi connectivity index (χ1) is 10.7. The van der Waals surface area contributed by atoms with Gasteiger partial charge in [-0.1, -0.05) is 29.3 Å². The molecule has 118 valence electrons. The van der Waals surface area contributed by atoms with E-state index in [4.69, 9.17) is 5.11 Å². The molecular weight excluding hydrogens is 350 g/mol. The molecule has 0 unspecified atom stereocenters. The molecule has 0 aliphatic rings. The summed E-state index contributed by atoms with van der Waals surface area (Å²) < 4.78 is 0. The molecule has 0 aromatic heterocycles. The van der Waals surface area contributed by atoms with E-state index in [0.29, 0.717) is 11.3 Å². The van der Waals surface area contributed by atoms with Crippen LogP contribution in [0.5, 0.6) is 0 Å². The summed E-state index contributed by atoms with van der Waals surface area (Å²) in [6.45, 7) is 0. The van der Waals surface area contributed by atoms with Gasteiger partial charge in [-0.25, -0.2) is 17.1 Å². The van der Waals surface area contributed by atoms with Crippen LogP contribution in [-0.2, 0) is 17.1 Å². The third-order valence-corrected chi connectivity index (χ3v) is 3.04. The van der Waals surface area contributed by atoms with Gasteiger partial charge in [-0.05, 0) is 12.2 Å². The van der Waals surface area contributed by atoms with Crippen LogP contribution in [0.2, 0.25) is 0 Å². The van der Waals surface area contributed by atoms with Crippen molar-refractivity contribution in [3.63, 3.8) is 0 Å². The normalized spacial score (nSPS) is 8.87. The molecule has 0 aliphatic carbocycles. The Labute approximate surface area is 150 Å². The second-order valence-electron chi connectivity index (χ2n) is 4.34. The van der Waals surface area contributed by atoms with E-state index < -0.39 is 5.97 Å². The molecule has 0 radical (unpaired) electrons. The van der Waals surface area contributed by atoms with Gasteiger partial charge in [0, 0.05) is 28.3 Å². The van der Waals surface area contributed by atoms with Crippen molar-refractivity contribution >= 4 is 29.0 Å². The molecule has 0 fully saturated rings. The number of benzene rings is 1. The number of rotatable bonds is 3. The van der Waals surface area contributed by atoms with Crippen LogP contribution in [0, 0.1) is 0 Å². The van der Waals surface area contributed by atoms with Gasteiger partial charge in [-0.15, -0.1) is 12.1 Å². The molecule has 0 aliphatic heterocycles. The molecule has 3 aromatic carbocycles. The zero-order valence-electron chi connectivity index (χ0n) is 12.0. The molecule has 5 heteroatoms. The molecule has 23 heavy (non-hydrogen) atoms. The number of thiocarbonyl (C=S) groups is 1. The summed E-state index contributed by atoms with van der Waals surface area (Å²) in [5.74, 6) is -0.984. The van der Waals surface area contributed by atoms with Crippen LogP contribution in [0.25, 0.3) is 11.1 Å². The zero-order chi connectivity index (χ0) is 15.8. The molecule has 0 heterocycles. The molecule has 3 aromatic rings. The fourth-order valence-corrected chi connectivity index (χ4v) is 2.12. The first-order valence-electron chi connectivity index (χ1n) is 6.57. The number of hydrogen-bond acceptors (Lipinski definition) is 3. The third kappa shape index (κ3) is 5.13. The van der Waals surface area contributed by atoms with Gasteiger partial charge in [0.2, 0.25) is 0 Å². The summed E-state index contributed by atoms with van der Waals surface area (Å²) in [6.07, 6.45) is 0. The van der Waals surface area contributed by atoms with Crippen molar-refractivity contribution in [3.05, 3.63) is 78.4 Å². The van der Waals surface area contributed by atoms with E-state index >= 15 is 0 Å². The van der Waals surface area contributed by atoms with E-state index in [2.05, 4.69) is 22.4 Å². The van der Waals surface area contributed by atoms with Crippen molar-refractivity contribution in [2.75, 3.05) is 0 Å². The molecule has 1 N–H and O–H groups in total. The van der Waals surface area contributed by atoms with Crippen LogP contribution >= 0.6 is 12.2 Å². The van der Waals surface area contributed by atoms with Gasteiger partial charge < -0.3 is 5.11 Å². The molecular formula is C18H13FeNO2S-2. The van der Waals surface area contributed by atoms with Crippen LogP contribution in [0.1, 0.15) is 10.4 Å². The van der Waals surface area contributed by atoms with Crippen molar-refractivity contribution in [2.45, 2.75) is 0 Å². The number of carbonyl (C=O) groups is 1. The molecule has 0 saturated heterocycles. The van der Waals surface area contributed by atoms with E-state index in [1.807, 2.05) is 54.6 Å². The fraction of sp³-hybridized carbons (Fsp3) is 0. The Balaban J connectivity index is 0.000000377. The van der Waals surface area contributed by atoms with Gasteiger partial charge in [0.15, 0.2) is 0 Å². The van der Waals surface area contributed by atoms with Crippen molar-refractivity contribution < 1.29 is 27.0 Å². The first kappa shape index (κ1) is 18.8. The number of hydrogen-bond donors (Lipinski definition) is 1. The van der Waals surface area contributed by atoms with Gasteiger partial charge in [0.1, 0.15) is 0 Å². The Hall–Kier alpha value is -2.29. The Bertz CT molecular complexity index is 736. The maximum absolute atomic E-state index is 11.2. The molecule has 3 rings (SSSR count). The maximum Gasteiger partial charge on any atom is 0.302 e. The summed E-state index contributed by atoms with van der Waals surface area (Å²) in [5.41, 5.74) is 2.11. The largest absolute Gasteiger partial charge is 0.483 e. The number of carboxylic acids is 1. The molecule has 0 amide bonds. The van der Waals surface area contributed by atoms with Crippen molar-refractivity contribution in [3.8, 4) is 11.1 Å². The van der Waals surface area contributed by atoms with Crippen LogP contribution in [0.15, 0.2) is 77.8 Å². The second-order valence-corrected chi connectivity index (χ2v) is 4.53. The average Bonchev–Trinajstić information content (AvgIpc) is 3.23. The molecule has 0 saturated carbocycles. The van der Waals surface area contributed by atoms with E-state index in [9.17, 15) is 4.79 Å². The maximum atomic E-state index is 11.2. The number of aliphatic imine (C=N–C) groups is 1. The summed E-state index contributed by atoms with van der Waals surface area (Å²) in [5, 5.41) is 11.4. The van der Waals surface area contributed by atoms with Gasteiger partial charge in [-0.3, -0.25) is 4.79 Å². The van der Waals surface area contributed by atoms with Crippen molar-refractivity contribution in [1.82, 2.24) is 0 Å². The zero-order valence-corrected chi connectivity index (χ0v) is 13.9. The van der Waals surface area contributed by atoms with E-state index in [1.54, 1.807) is 18.2 Å². The molecule has 0 spiro atoms. The van der Waals surface area contributed by atoms with Crippen LogP contribution in [-0.4, -0.2) is 16.2 Å². The minimum Gasteiger partial charge on any atom is -0.483 e. The van der Waals surface area contributed by atoms with E-state index in [0.717, 1.165) is 5.56 Å². The van der Waals surface area contributed by atoms with Gasteiger partial charge in [0.25, 0.3) is 0 Å².